The lowest BCUT2D eigenvalue weighted by Crippen LogP contribution is -2.41. The SMILES string of the molecule is O=C(NNC(=O)c1cc2c(s1)CCCC2)c1ccc2c(=O)n(-c3ccccc3)c(=S)[nH]c2c1. The van der Waals surface area contributed by atoms with E-state index in [1.807, 2.05) is 24.3 Å². The molecule has 2 aromatic carbocycles. The molecule has 2 aromatic heterocycles. The average molecular weight is 477 g/mol. The van der Waals surface area contributed by atoms with Crippen LogP contribution in [0.3, 0.4) is 0 Å². The molecule has 9 heteroatoms. The van der Waals surface area contributed by atoms with Crippen LogP contribution in [-0.4, -0.2) is 21.4 Å². The number of carbonyl (C=O) groups is 2. The molecule has 0 aliphatic heterocycles. The summed E-state index contributed by atoms with van der Waals surface area (Å²) in [4.78, 5) is 43.0. The van der Waals surface area contributed by atoms with Crippen molar-refractivity contribution in [1.29, 1.82) is 0 Å². The third-order valence-corrected chi connectivity index (χ3v) is 7.20. The number of nitrogens with zero attached hydrogens (tertiary/aromatic N) is 1. The minimum absolute atomic E-state index is 0.228. The summed E-state index contributed by atoms with van der Waals surface area (Å²) in [5.74, 6) is -0.827. The van der Waals surface area contributed by atoms with Gasteiger partial charge in [-0.1, -0.05) is 18.2 Å². The zero-order valence-electron chi connectivity index (χ0n) is 17.5. The molecule has 33 heavy (non-hydrogen) atoms. The molecule has 0 saturated heterocycles. The van der Waals surface area contributed by atoms with E-state index in [1.54, 1.807) is 30.3 Å². The zero-order valence-corrected chi connectivity index (χ0v) is 19.1. The number of H-pyrrole nitrogens is 1. The number of amides is 2. The fourth-order valence-corrected chi connectivity index (χ4v) is 5.47. The topological polar surface area (TPSA) is 96.0 Å². The standard InChI is InChI=1S/C24H20N4O3S2/c29-21(26-27-22(30)20-13-14-6-4-5-9-19(14)33-20)15-10-11-17-18(12-15)25-24(32)28(23(17)31)16-7-2-1-3-8-16/h1-3,7-8,10-13H,4-6,9H2,(H,25,32)(H,26,29)(H,27,30). The third-order valence-electron chi connectivity index (χ3n) is 5.68. The maximum atomic E-state index is 13.0. The van der Waals surface area contributed by atoms with Crippen LogP contribution in [0, 0.1) is 4.77 Å². The molecule has 1 aliphatic carbocycles. The molecule has 0 saturated carbocycles. The van der Waals surface area contributed by atoms with E-state index < -0.39 is 5.91 Å². The number of benzene rings is 2. The van der Waals surface area contributed by atoms with Crippen LogP contribution in [0.4, 0.5) is 0 Å². The van der Waals surface area contributed by atoms with Crippen molar-refractivity contribution in [2.24, 2.45) is 0 Å². The summed E-state index contributed by atoms with van der Waals surface area (Å²) in [6, 6.07) is 15.7. The third kappa shape index (κ3) is 4.12. The van der Waals surface area contributed by atoms with Gasteiger partial charge in [0.15, 0.2) is 4.77 Å². The summed E-state index contributed by atoms with van der Waals surface area (Å²) >= 11 is 6.86. The van der Waals surface area contributed by atoms with E-state index in [9.17, 15) is 14.4 Å². The molecule has 0 radical (unpaired) electrons. The molecule has 0 bridgehead atoms. The number of hydrazine groups is 1. The number of rotatable bonds is 3. The van der Waals surface area contributed by atoms with Gasteiger partial charge in [0.25, 0.3) is 17.4 Å². The molecule has 4 aromatic rings. The highest BCUT2D eigenvalue weighted by atomic mass is 32.1. The first kappa shape index (κ1) is 21.3. The molecule has 3 N–H and O–H groups in total. The fraction of sp³-hybridized carbons (Fsp3) is 0.167. The second kappa shape index (κ2) is 8.76. The number of aryl methyl sites for hydroxylation is 2. The second-order valence-electron chi connectivity index (χ2n) is 7.84. The Labute approximate surface area is 198 Å². The Morgan fingerprint density at radius 1 is 0.970 bits per heavy atom. The van der Waals surface area contributed by atoms with Gasteiger partial charge in [0.2, 0.25) is 0 Å². The summed E-state index contributed by atoms with van der Waals surface area (Å²) in [6.45, 7) is 0. The minimum atomic E-state index is -0.488. The van der Waals surface area contributed by atoms with Crippen molar-refractivity contribution < 1.29 is 9.59 Å². The number of carbonyl (C=O) groups excluding carboxylic acids is 2. The van der Waals surface area contributed by atoms with Crippen molar-refractivity contribution in [2.75, 3.05) is 0 Å². The summed E-state index contributed by atoms with van der Waals surface area (Å²) in [5, 5.41) is 0.400. The second-order valence-corrected chi connectivity index (χ2v) is 9.36. The molecule has 0 spiro atoms. The number of fused-ring (bicyclic) bond motifs is 2. The first-order valence-electron chi connectivity index (χ1n) is 10.6. The van der Waals surface area contributed by atoms with Gasteiger partial charge in [-0.25, -0.2) is 0 Å². The Hall–Kier alpha value is -3.56. The highest BCUT2D eigenvalue weighted by Crippen LogP contribution is 2.29. The van der Waals surface area contributed by atoms with Gasteiger partial charge in [-0.15, -0.1) is 11.3 Å². The van der Waals surface area contributed by atoms with Gasteiger partial charge in [0.05, 0.1) is 21.5 Å². The van der Waals surface area contributed by atoms with Crippen LogP contribution in [-0.2, 0) is 12.8 Å². The highest BCUT2D eigenvalue weighted by molar-refractivity contribution is 7.71. The van der Waals surface area contributed by atoms with Gasteiger partial charge < -0.3 is 4.98 Å². The average Bonchev–Trinajstić information content (AvgIpc) is 3.27. The summed E-state index contributed by atoms with van der Waals surface area (Å²) < 4.78 is 1.64. The summed E-state index contributed by atoms with van der Waals surface area (Å²) in [7, 11) is 0. The molecule has 0 fully saturated rings. The molecule has 166 valence electrons. The minimum Gasteiger partial charge on any atom is -0.331 e. The number of hydrogen-bond donors (Lipinski definition) is 3. The molecule has 2 heterocycles. The zero-order chi connectivity index (χ0) is 22.9. The molecule has 0 atom stereocenters. The lowest BCUT2D eigenvalue weighted by molar-refractivity contribution is 0.0849. The van der Waals surface area contributed by atoms with E-state index >= 15 is 0 Å². The van der Waals surface area contributed by atoms with Gasteiger partial charge in [0, 0.05) is 10.4 Å². The van der Waals surface area contributed by atoms with Gasteiger partial charge in [-0.2, -0.15) is 0 Å². The highest BCUT2D eigenvalue weighted by Gasteiger charge is 2.18. The van der Waals surface area contributed by atoms with Crippen LogP contribution in [0.5, 0.6) is 0 Å². The normalized spacial score (nSPS) is 12.8. The first-order chi connectivity index (χ1) is 16.0. The number of hydrogen-bond acceptors (Lipinski definition) is 5. The van der Waals surface area contributed by atoms with Crippen molar-refractivity contribution in [2.45, 2.75) is 25.7 Å². The van der Waals surface area contributed by atoms with Gasteiger partial charge in [-0.3, -0.25) is 29.8 Å². The largest absolute Gasteiger partial charge is 0.331 e. The van der Waals surface area contributed by atoms with Gasteiger partial charge >= 0.3 is 0 Å². The van der Waals surface area contributed by atoms with Crippen molar-refractivity contribution in [3.05, 3.63) is 90.6 Å². The number of aromatic amines is 1. The molecular formula is C24H20N4O3S2. The van der Waals surface area contributed by atoms with Crippen LogP contribution >= 0.6 is 23.6 Å². The Balaban J connectivity index is 1.36. The van der Waals surface area contributed by atoms with Crippen LogP contribution in [0.2, 0.25) is 0 Å². The van der Waals surface area contributed by atoms with E-state index in [-0.39, 0.29) is 21.8 Å². The van der Waals surface area contributed by atoms with Crippen LogP contribution in [0.1, 0.15) is 43.3 Å². The summed E-state index contributed by atoms with van der Waals surface area (Å²) in [6.07, 6.45) is 4.29. The Bertz CT molecular complexity index is 1480. The quantitative estimate of drug-likeness (QED) is 0.307. The molecule has 2 amide bonds. The molecule has 1 aliphatic rings. The Kier molecular flexibility index (Phi) is 5.65. The Morgan fingerprint density at radius 2 is 1.73 bits per heavy atom. The smallest absolute Gasteiger partial charge is 0.279 e. The number of nitrogens with one attached hydrogen (secondary N) is 3. The predicted molar refractivity (Wildman–Crippen MR) is 131 cm³/mol. The molecule has 0 unspecified atom stereocenters. The van der Waals surface area contributed by atoms with E-state index in [4.69, 9.17) is 12.2 Å². The van der Waals surface area contributed by atoms with E-state index in [2.05, 4.69) is 15.8 Å². The van der Waals surface area contributed by atoms with Crippen molar-refractivity contribution in [3.8, 4) is 5.69 Å². The monoisotopic (exact) mass is 476 g/mol. The number of para-hydroxylation sites is 1. The fourth-order valence-electron chi connectivity index (χ4n) is 4.02. The van der Waals surface area contributed by atoms with Crippen LogP contribution in [0.15, 0.2) is 59.4 Å². The summed E-state index contributed by atoms with van der Waals surface area (Å²) in [5.41, 5.74) is 7.28. The maximum Gasteiger partial charge on any atom is 0.279 e. The van der Waals surface area contributed by atoms with E-state index in [0.717, 1.165) is 25.7 Å². The molecule has 5 rings (SSSR count). The van der Waals surface area contributed by atoms with Crippen molar-refractivity contribution >= 4 is 46.3 Å². The van der Waals surface area contributed by atoms with Crippen molar-refractivity contribution in [3.63, 3.8) is 0 Å². The van der Waals surface area contributed by atoms with Crippen LogP contribution < -0.4 is 16.4 Å². The number of aromatic nitrogens is 2. The van der Waals surface area contributed by atoms with E-state index in [1.165, 1.54) is 26.3 Å². The maximum absolute atomic E-state index is 13.0. The van der Waals surface area contributed by atoms with Gasteiger partial charge in [-0.05, 0) is 79.9 Å². The molecular weight excluding hydrogens is 456 g/mol. The van der Waals surface area contributed by atoms with Crippen molar-refractivity contribution in [1.82, 2.24) is 20.4 Å². The lowest BCUT2D eigenvalue weighted by Gasteiger charge is -2.10. The first-order valence-corrected chi connectivity index (χ1v) is 11.8. The lowest BCUT2D eigenvalue weighted by atomic mass is 9.99. The van der Waals surface area contributed by atoms with E-state index in [0.29, 0.717) is 21.5 Å². The Morgan fingerprint density at radius 3 is 2.52 bits per heavy atom. The van der Waals surface area contributed by atoms with Crippen LogP contribution in [0.25, 0.3) is 16.6 Å². The number of thiophene rings is 1. The van der Waals surface area contributed by atoms with Gasteiger partial charge in [0.1, 0.15) is 0 Å². The molecule has 7 nitrogen and oxygen atoms in total. The predicted octanol–water partition coefficient (Wildman–Crippen LogP) is 4.06.